The van der Waals surface area contributed by atoms with Gasteiger partial charge in [0.1, 0.15) is 5.82 Å². The summed E-state index contributed by atoms with van der Waals surface area (Å²) in [5.41, 5.74) is 3.14. The number of nitrogens with zero attached hydrogens (tertiary/aromatic N) is 2. The zero-order valence-corrected chi connectivity index (χ0v) is 19.8. The van der Waals surface area contributed by atoms with Crippen molar-refractivity contribution >= 4 is 28.4 Å². The minimum Gasteiger partial charge on any atom is -0.382 e. The number of piperidine rings is 1. The van der Waals surface area contributed by atoms with Crippen molar-refractivity contribution in [2.45, 2.75) is 49.3 Å². The molecule has 0 atom stereocenters. The number of ether oxygens (including phenoxy) is 1. The summed E-state index contributed by atoms with van der Waals surface area (Å²) in [5.74, 6) is 1.49. The van der Waals surface area contributed by atoms with Crippen LogP contribution in [0.2, 0.25) is 0 Å². The van der Waals surface area contributed by atoms with E-state index < -0.39 is 0 Å². The molecule has 3 aromatic rings. The molecule has 2 saturated heterocycles. The lowest BCUT2D eigenvalue weighted by molar-refractivity contribution is 0.1000. The van der Waals surface area contributed by atoms with Crippen LogP contribution < -0.4 is 10.9 Å². The molecule has 2 aliphatic rings. The van der Waals surface area contributed by atoms with Crippen LogP contribution in [0.15, 0.2) is 53.3 Å². The molecule has 0 spiro atoms. The van der Waals surface area contributed by atoms with Gasteiger partial charge >= 0.3 is 0 Å². The molecule has 2 N–H and O–H groups in total. The molecule has 0 saturated carbocycles. The molecule has 7 heteroatoms. The maximum atomic E-state index is 12.6. The number of fused-ring (bicyclic) bond motifs is 1. The predicted molar refractivity (Wildman–Crippen MR) is 136 cm³/mol. The molecule has 5 rings (SSSR count). The highest BCUT2D eigenvalue weighted by atomic mass is 32.2. The van der Waals surface area contributed by atoms with E-state index in [-0.39, 0.29) is 5.56 Å². The molecule has 0 amide bonds. The third kappa shape index (κ3) is 5.96. The van der Waals surface area contributed by atoms with Gasteiger partial charge in [0.2, 0.25) is 0 Å². The van der Waals surface area contributed by atoms with Gasteiger partial charge in [0.15, 0.2) is 0 Å². The lowest BCUT2D eigenvalue weighted by atomic mass is 10.0. The Balaban J connectivity index is 1.19. The number of aromatic nitrogens is 2. The molecule has 0 bridgehead atoms. The average Bonchev–Trinajstić information content (AvgIpc) is 2.85. The average molecular weight is 465 g/mol. The maximum absolute atomic E-state index is 12.6. The second-order valence-electron chi connectivity index (χ2n) is 9.05. The van der Waals surface area contributed by atoms with Gasteiger partial charge in [-0.1, -0.05) is 30.3 Å². The topological polar surface area (TPSA) is 70.2 Å². The van der Waals surface area contributed by atoms with E-state index in [2.05, 4.69) is 45.5 Å². The van der Waals surface area contributed by atoms with E-state index in [1.165, 1.54) is 5.56 Å². The number of hydrogen-bond donors (Lipinski definition) is 2. The monoisotopic (exact) mass is 464 g/mol. The van der Waals surface area contributed by atoms with Crippen molar-refractivity contribution in [3.05, 3.63) is 70.3 Å². The minimum absolute atomic E-state index is 0.0525. The number of thioether (sulfide) groups is 1. The lowest BCUT2D eigenvalue weighted by Gasteiger charge is -2.33. The van der Waals surface area contributed by atoms with Crippen LogP contribution >= 0.6 is 11.8 Å². The molecule has 174 valence electrons. The number of H-pyrrole nitrogens is 1. The van der Waals surface area contributed by atoms with Gasteiger partial charge in [-0.2, -0.15) is 11.8 Å². The Morgan fingerprint density at radius 2 is 1.85 bits per heavy atom. The third-order valence-corrected chi connectivity index (χ3v) is 7.97. The molecule has 2 aliphatic heterocycles. The molecule has 0 radical (unpaired) electrons. The van der Waals surface area contributed by atoms with Gasteiger partial charge < -0.3 is 15.0 Å². The van der Waals surface area contributed by atoms with Crippen LogP contribution in [0.3, 0.4) is 0 Å². The van der Waals surface area contributed by atoms with Crippen molar-refractivity contribution in [1.82, 2.24) is 14.9 Å². The van der Waals surface area contributed by atoms with Gasteiger partial charge in [-0.05, 0) is 49.4 Å². The van der Waals surface area contributed by atoms with Crippen LogP contribution in [0.5, 0.6) is 0 Å². The van der Waals surface area contributed by atoms with Crippen molar-refractivity contribution in [1.29, 1.82) is 0 Å². The molecule has 0 unspecified atom stereocenters. The van der Waals surface area contributed by atoms with E-state index in [0.29, 0.717) is 16.7 Å². The van der Waals surface area contributed by atoms with Crippen LogP contribution in [0.25, 0.3) is 10.9 Å². The first-order valence-electron chi connectivity index (χ1n) is 12.0. The Morgan fingerprint density at radius 3 is 2.64 bits per heavy atom. The van der Waals surface area contributed by atoms with E-state index >= 15 is 0 Å². The standard InChI is InChI=1S/C26H32N4O2S/c31-26-23-7-6-21(16-24(23)28-25(29-26)18-33-22-10-14-32-15-11-22)27-20-8-12-30(13-9-20)17-19-4-2-1-3-5-19/h1-7,16,20,22,27H,8-15,17-18H2,(H,28,29,31). The van der Waals surface area contributed by atoms with E-state index in [0.717, 1.165) is 81.3 Å². The number of aromatic amines is 1. The van der Waals surface area contributed by atoms with E-state index in [9.17, 15) is 4.79 Å². The van der Waals surface area contributed by atoms with Gasteiger partial charge in [-0.3, -0.25) is 9.69 Å². The van der Waals surface area contributed by atoms with Crippen molar-refractivity contribution in [2.24, 2.45) is 0 Å². The number of benzene rings is 2. The van der Waals surface area contributed by atoms with Gasteiger partial charge in [0.25, 0.3) is 5.56 Å². The van der Waals surface area contributed by atoms with Gasteiger partial charge in [0, 0.05) is 49.8 Å². The number of likely N-dealkylation sites (tertiary alicyclic amines) is 1. The summed E-state index contributed by atoms with van der Waals surface area (Å²) in [6.07, 6.45) is 4.36. The van der Waals surface area contributed by atoms with Crippen LogP contribution in [0, 0.1) is 0 Å². The van der Waals surface area contributed by atoms with Gasteiger partial charge in [-0.25, -0.2) is 4.98 Å². The number of nitrogens with one attached hydrogen (secondary N) is 2. The highest BCUT2D eigenvalue weighted by Crippen LogP contribution is 2.25. The zero-order valence-electron chi connectivity index (χ0n) is 19.0. The normalized spacial score (nSPS) is 18.5. The predicted octanol–water partition coefficient (Wildman–Crippen LogP) is 4.41. The first-order valence-corrected chi connectivity index (χ1v) is 13.0. The molecular weight excluding hydrogens is 432 g/mol. The number of hydrogen-bond acceptors (Lipinski definition) is 6. The second kappa shape index (κ2) is 10.7. The molecule has 3 heterocycles. The van der Waals surface area contributed by atoms with Gasteiger partial charge in [-0.15, -0.1) is 0 Å². The van der Waals surface area contributed by atoms with Crippen molar-refractivity contribution < 1.29 is 4.74 Å². The molecule has 1 aromatic heterocycles. The Morgan fingerprint density at radius 1 is 1.06 bits per heavy atom. The Kier molecular flexibility index (Phi) is 7.29. The highest BCUT2D eigenvalue weighted by molar-refractivity contribution is 7.99. The third-order valence-electron chi connectivity index (χ3n) is 6.59. The smallest absolute Gasteiger partial charge is 0.258 e. The first-order chi connectivity index (χ1) is 16.2. The van der Waals surface area contributed by atoms with Crippen LogP contribution in [-0.4, -0.2) is 52.5 Å². The summed E-state index contributed by atoms with van der Waals surface area (Å²) in [4.78, 5) is 22.9. The Labute approximate surface area is 199 Å². The van der Waals surface area contributed by atoms with Crippen molar-refractivity contribution in [2.75, 3.05) is 31.6 Å². The van der Waals surface area contributed by atoms with E-state index in [1.54, 1.807) is 0 Å². The van der Waals surface area contributed by atoms with Gasteiger partial charge in [0.05, 0.1) is 16.7 Å². The zero-order chi connectivity index (χ0) is 22.5. The second-order valence-corrected chi connectivity index (χ2v) is 10.3. The molecule has 0 aliphatic carbocycles. The number of rotatable bonds is 7. The first kappa shape index (κ1) is 22.4. The minimum atomic E-state index is -0.0525. The fourth-order valence-electron chi connectivity index (χ4n) is 4.70. The molecule has 2 aromatic carbocycles. The fourth-order valence-corrected chi connectivity index (χ4v) is 5.75. The molecule has 6 nitrogen and oxygen atoms in total. The summed E-state index contributed by atoms with van der Waals surface area (Å²) in [5, 5.41) is 4.92. The maximum Gasteiger partial charge on any atom is 0.258 e. The van der Waals surface area contributed by atoms with Crippen molar-refractivity contribution in [3.8, 4) is 0 Å². The Hall–Kier alpha value is -2.35. The van der Waals surface area contributed by atoms with Crippen LogP contribution in [0.4, 0.5) is 5.69 Å². The molecular formula is C26H32N4O2S. The summed E-state index contributed by atoms with van der Waals surface area (Å²) in [6.45, 7) is 4.86. The SMILES string of the molecule is O=c1[nH]c(CSC2CCOCC2)nc2cc(NC3CCN(Cc4ccccc4)CC3)ccc12. The highest BCUT2D eigenvalue weighted by Gasteiger charge is 2.19. The van der Waals surface area contributed by atoms with Crippen molar-refractivity contribution in [3.63, 3.8) is 0 Å². The quantitative estimate of drug-likeness (QED) is 0.540. The summed E-state index contributed by atoms with van der Waals surface area (Å²) in [7, 11) is 0. The molecule has 33 heavy (non-hydrogen) atoms. The van der Waals surface area contributed by atoms with E-state index in [1.807, 2.05) is 30.0 Å². The summed E-state index contributed by atoms with van der Waals surface area (Å²) in [6, 6.07) is 17.1. The fraction of sp³-hybridized carbons (Fsp3) is 0.462. The Bertz CT molecular complexity index is 1110. The van der Waals surface area contributed by atoms with E-state index in [4.69, 9.17) is 9.72 Å². The summed E-state index contributed by atoms with van der Waals surface area (Å²) >= 11 is 1.87. The van der Waals surface area contributed by atoms with Crippen LogP contribution in [-0.2, 0) is 17.0 Å². The van der Waals surface area contributed by atoms with Crippen LogP contribution in [0.1, 0.15) is 37.1 Å². The molecule has 2 fully saturated rings. The lowest BCUT2D eigenvalue weighted by Crippen LogP contribution is -2.38. The summed E-state index contributed by atoms with van der Waals surface area (Å²) < 4.78 is 5.44. The largest absolute Gasteiger partial charge is 0.382 e. The number of anilines is 1.